The third-order valence-corrected chi connectivity index (χ3v) is 2.09. The summed E-state index contributed by atoms with van der Waals surface area (Å²) in [5, 5.41) is 8.61. The van der Waals surface area contributed by atoms with Gasteiger partial charge in [0.05, 0.1) is 6.42 Å². The van der Waals surface area contributed by atoms with Crippen molar-refractivity contribution >= 4 is 5.97 Å². The largest absolute Gasteiger partial charge is 0.481 e. The SMILES string of the molecule is CCCc1nc(C)c(CC(=O)O)c(=O)[nH]1. The van der Waals surface area contributed by atoms with Gasteiger partial charge in [-0.1, -0.05) is 6.92 Å². The van der Waals surface area contributed by atoms with Gasteiger partial charge in [-0.2, -0.15) is 0 Å². The van der Waals surface area contributed by atoms with E-state index >= 15 is 0 Å². The van der Waals surface area contributed by atoms with Gasteiger partial charge < -0.3 is 10.1 Å². The topological polar surface area (TPSA) is 83.0 Å². The molecule has 0 aliphatic carbocycles. The van der Waals surface area contributed by atoms with Crippen LogP contribution in [0.3, 0.4) is 0 Å². The fourth-order valence-electron chi connectivity index (χ4n) is 1.38. The quantitative estimate of drug-likeness (QED) is 0.764. The van der Waals surface area contributed by atoms with Crippen LogP contribution in [0.5, 0.6) is 0 Å². The Hall–Kier alpha value is -1.65. The smallest absolute Gasteiger partial charge is 0.308 e. The Bertz CT molecular complexity index is 423. The standard InChI is InChI=1S/C10H14N2O3/c1-3-4-8-11-6(2)7(5-9(13)14)10(15)12-8/h3-5H2,1-2H3,(H,13,14)(H,11,12,15). The number of hydrogen-bond donors (Lipinski definition) is 2. The molecule has 0 spiro atoms. The first kappa shape index (κ1) is 11.4. The van der Waals surface area contributed by atoms with Crippen LogP contribution in [0.15, 0.2) is 4.79 Å². The summed E-state index contributed by atoms with van der Waals surface area (Å²) in [6, 6.07) is 0. The van der Waals surface area contributed by atoms with Crippen molar-refractivity contribution in [1.29, 1.82) is 0 Å². The van der Waals surface area contributed by atoms with Crippen LogP contribution in [0.2, 0.25) is 0 Å². The van der Waals surface area contributed by atoms with Crippen molar-refractivity contribution in [2.45, 2.75) is 33.1 Å². The lowest BCUT2D eigenvalue weighted by atomic mass is 10.1. The van der Waals surface area contributed by atoms with E-state index in [9.17, 15) is 9.59 Å². The Morgan fingerprint density at radius 2 is 2.20 bits per heavy atom. The number of carboxylic acid groups (broad SMARTS) is 1. The maximum Gasteiger partial charge on any atom is 0.308 e. The molecule has 0 unspecified atom stereocenters. The lowest BCUT2D eigenvalue weighted by Crippen LogP contribution is -2.21. The fourth-order valence-corrected chi connectivity index (χ4v) is 1.38. The van der Waals surface area contributed by atoms with Gasteiger partial charge in [0.15, 0.2) is 0 Å². The number of nitrogens with zero attached hydrogens (tertiary/aromatic N) is 1. The highest BCUT2D eigenvalue weighted by Gasteiger charge is 2.11. The van der Waals surface area contributed by atoms with Gasteiger partial charge in [-0.15, -0.1) is 0 Å². The Morgan fingerprint density at radius 1 is 1.53 bits per heavy atom. The van der Waals surface area contributed by atoms with E-state index < -0.39 is 5.97 Å². The third-order valence-electron chi connectivity index (χ3n) is 2.09. The van der Waals surface area contributed by atoms with E-state index in [0.717, 1.165) is 6.42 Å². The number of aromatic nitrogens is 2. The van der Waals surface area contributed by atoms with E-state index in [2.05, 4.69) is 9.97 Å². The van der Waals surface area contributed by atoms with E-state index in [-0.39, 0.29) is 17.5 Å². The van der Waals surface area contributed by atoms with Gasteiger partial charge in [-0.05, 0) is 13.3 Å². The molecule has 0 bridgehead atoms. The van der Waals surface area contributed by atoms with Crippen molar-refractivity contribution in [3.8, 4) is 0 Å². The molecule has 0 amide bonds. The van der Waals surface area contributed by atoms with Crippen molar-refractivity contribution < 1.29 is 9.90 Å². The summed E-state index contributed by atoms with van der Waals surface area (Å²) in [5.74, 6) is -0.400. The van der Waals surface area contributed by atoms with Crippen molar-refractivity contribution in [3.63, 3.8) is 0 Å². The molecule has 0 saturated carbocycles. The molecule has 1 rings (SSSR count). The maximum absolute atomic E-state index is 11.5. The van der Waals surface area contributed by atoms with Crippen LogP contribution in [0.25, 0.3) is 0 Å². The van der Waals surface area contributed by atoms with Crippen LogP contribution in [-0.4, -0.2) is 21.0 Å². The predicted octanol–water partition coefficient (Wildman–Crippen LogP) is 0.658. The summed E-state index contributed by atoms with van der Waals surface area (Å²) in [5.41, 5.74) is 0.403. The highest BCUT2D eigenvalue weighted by Crippen LogP contribution is 2.01. The van der Waals surface area contributed by atoms with Gasteiger partial charge >= 0.3 is 5.97 Å². The minimum Gasteiger partial charge on any atom is -0.481 e. The molecular weight excluding hydrogens is 196 g/mol. The van der Waals surface area contributed by atoms with Gasteiger partial charge in [-0.3, -0.25) is 9.59 Å². The van der Waals surface area contributed by atoms with Crippen molar-refractivity contribution in [2.24, 2.45) is 0 Å². The molecule has 0 aliphatic heterocycles. The number of carboxylic acids is 1. The Kier molecular flexibility index (Phi) is 3.60. The van der Waals surface area contributed by atoms with Gasteiger partial charge in [-0.25, -0.2) is 4.98 Å². The molecule has 15 heavy (non-hydrogen) atoms. The second-order valence-corrected chi connectivity index (χ2v) is 3.40. The van der Waals surface area contributed by atoms with Crippen LogP contribution in [0.1, 0.15) is 30.4 Å². The summed E-state index contributed by atoms with van der Waals surface area (Å²) in [4.78, 5) is 28.8. The average Bonchev–Trinajstić information content (AvgIpc) is 2.11. The molecule has 82 valence electrons. The molecule has 0 radical (unpaired) electrons. The second kappa shape index (κ2) is 4.72. The minimum atomic E-state index is -1.02. The summed E-state index contributed by atoms with van der Waals surface area (Å²) < 4.78 is 0. The normalized spacial score (nSPS) is 10.3. The number of aromatic amines is 1. The van der Waals surface area contributed by atoms with Gasteiger partial charge in [0.25, 0.3) is 5.56 Å². The van der Waals surface area contributed by atoms with E-state index in [0.29, 0.717) is 17.9 Å². The number of hydrogen-bond acceptors (Lipinski definition) is 3. The summed E-state index contributed by atoms with van der Waals surface area (Å²) in [6.45, 7) is 3.65. The molecular formula is C10H14N2O3. The van der Waals surface area contributed by atoms with Gasteiger partial charge in [0.1, 0.15) is 5.82 Å². The first-order valence-electron chi connectivity index (χ1n) is 4.85. The molecule has 1 aromatic heterocycles. The maximum atomic E-state index is 11.5. The number of rotatable bonds is 4. The Morgan fingerprint density at radius 3 is 2.67 bits per heavy atom. The predicted molar refractivity (Wildman–Crippen MR) is 54.9 cm³/mol. The van der Waals surface area contributed by atoms with Crippen LogP contribution < -0.4 is 5.56 Å². The summed E-state index contributed by atoms with van der Waals surface area (Å²) in [7, 11) is 0. The number of carbonyl (C=O) groups is 1. The molecule has 1 heterocycles. The van der Waals surface area contributed by atoms with Crippen LogP contribution in [-0.2, 0) is 17.6 Å². The molecule has 5 nitrogen and oxygen atoms in total. The molecule has 0 fully saturated rings. The van der Waals surface area contributed by atoms with E-state index in [1.54, 1.807) is 6.92 Å². The molecule has 0 atom stereocenters. The zero-order valence-corrected chi connectivity index (χ0v) is 8.83. The molecule has 1 aromatic rings. The van der Waals surface area contributed by atoms with Crippen molar-refractivity contribution in [3.05, 3.63) is 27.4 Å². The van der Waals surface area contributed by atoms with Crippen LogP contribution in [0.4, 0.5) is 0 Å². The van der Waals surface area contributed by atoms with Gasteiger partial charge in [0.2, 0.25) is 0 Å². The van der Waals surface area contributed by atoms with Gasteiger partial charge in [0, 0.05) is 17.7 Å². The van der Waals surface area contributed by atoms with Crippen molar-refractivity contribution in [2.75, 3.05) is 0 Å². The second-order valence-electron chi connectivity index (χ2n) is 3.40. The van der Waals surface area contributed by atoms with Crippen LogP contribution >= 0.6 is 0 Å². The molecule has 2 N–H and O–H groups in total. The highest BCUT2D eigenvalue weighted by molar-refractivity contribution is 5.70. The lowest BCUT2D eigenvalue weighted by Gasteiger charge is -2.04. The fraction of sp³-hybridized carbons (Fsp3) is 0.500. The van der Waals surface area contributed by atoms with Crippen LogP contribution in [0, 0.1) is 6.92 Å². The number of aryl methyl sites for hydroxylation is 2. The average molecular weight is 210 g/mol. The molecule has 5 heteroatoms. The first-order valence-corrected chi connectivity index (χ1v) is 4.85. The monoisotopic (exact) mass is 210 g/mol. The Labute approximate surface area is 87.2 Å². The number of aliphatic carboxylic acids is 1. The minimum absolute atomic E-state index is 0.238. The zero-order chi connectivity index (χ0) is 11.4. The zero-order valence-electron chi connectivity index (χ0n) is 8.83. The van der Waals surface area contributed by atoms with E-state index in [1.165, 1.54) is 0 Å². The van der Waals surface area contributed by atoms with E-state index in [4.69, 9.17) is 5.11 Å². The van der Waals surface area contributed by atoms with Crippen molar-refractivity contribution in [1.82, 2.24) is 9.97 Å². The third kappa shape index (κ3) is 2.90. The molecule has 0 aliphatic rings. The molecule has 0 aromatic carbocycles. The first-order chi connectivity index (χ1) is 7.04. The Balaban J connectivity index is 3.10. The number of H-pyrrole nitrogens is 1. The number of nitrogens with one attached hydrogen (secondary N) is 1. The lowest BCUT2D eigenvalue weighted by molar-refractivity contribution is -0.136. The molecule has 0 saturated heterocycles. The van der Waals surface area contributed by atoms with E-state index in [1.807, 2.05) is 6.92 Å². The summed E-state index contributed by atoms with van der Waals surface area (Å²) >= 11 is 0. The highest BCUT2D eigenvalue weighted by atomic mass is 16.4. The summed E-state index contributed by atoms with van der Waals surface area (Å²) in [6.07, 6.45) is 1.31.